The van der Waals surface area contributed by atoms with Gasteiger partial charge < -0.3 is 4.74 Å². The fourth-order valence-corrected chi connectivity index (χ4v) is 1.88. The molecule has 0 aliphatic rings. The first-order chi connectivity index (χ1) is 6.15. The monoisotopic (exact) mass is 246 g/mol. The Balaban J connectivity index is 2.71. The van der Waals surface area contributed by atoms with Crippen LogP contribution in [0.1, 0.15) is 25.5 Å². The Morgan fingerprint density at radius 1 is 1.62 bits per heavy atom. The molecule has 0 saturated carbocycles. The maximum atomic E-state index is 4.98. The van der Waals surface area contributed by atoms with E-state index in [0.29, 0.717) is 12.5 Å². The van der Waals surface area contributed by atoms with E-state index in [1.54, 1.807) is 7.11 Å². The van der Waals surface area contributed by atoms with E-state index in [9.17, 15) is 0 Å². The van der Waals surface area contributed by atoms with Crippen LogP contribution in [0.4, 0.5) is 0 Å². The second-order valence-corrected chi connectivity index (χ2v) is 4.13. The van der Waals surface area contributed by atoms with Gasteiger partial charge in [0.25, 0.3) is 0 Å². The van der Waals surface area contributed by atoms with Crippen LogP contribution < -0.4 is 0 Å². The van der Waals surface area contributed by atoms with E-state index < -0.39 is 0 Å². The predicted octanol–water partition coefficient (Wildman–Crippen LogP) is 2.42. The minimum Gasteiger partial charge on any atom is -0.383 e. The molecule has 0 N–H and O–H groups in total. The van der Waals surface area contributed by atoms with Crippen molar-refractivity contribution in [3.05, 3.63) is 16.4 Å². The van der Waals surface area contributed by atoms with E-state index in [2.05, 4.69) is 34.9 Å². The van der Waals surface area contributed by atoms with Crippen molar-refractivity contribution in [3.63, 3.8) is 0 Å². The maximum Gasteiger partial charge on any atom is 0.0791 e. The fourth-order valence-electron chi connectivity index (χ4n) is 1.10. The van der Waals surface area contributed by atoms with E-state index in [-0.39, 0.29) is 0 Å². The molecule has 3 nitrogen and oxygen atoms in total. The Bertz CT molecular complexity index is 271. The van der Waals surface area contributed by atoms with Gasteiger partial charge >= 0.3 is 0 Å². The molecule has 1 heterocycles. The number of aromatic nitrogens is 2. The van der Waals surface area contributed by atoms with E-state index in [4.69, 9.17) is 4.74 Å². The van der Waals surface area contributed by atoms with Gasteiger partial charge in [0.2, 0.25) is 0 Å². The molecule has 74 valence electrons. The number of rotatable bonds is 4. The summed E-state index contributed by atoms with van der Waals surface area (Å²) in [5, 5.41) is 4.44. The highest BCUT2D eigenvalue weighted by atomic mass is 79.9. The molecule has 0 spiro atoms. The molecule has 0 radical (unpaired) electrons. The van der Waals surface area contributed by atoms with Gasteiger partial charge in [0.15, 0.2) is 0 Å². The van der Waals surface area contributed by atoms with E-state index in [1.807, 2.05) is 10.9 Å². The normalized spacial score (nSPS) is 11.2. The quantitative estimate of drug-likeness (QED) is 0.816. The van der Waals surface area contributed by atoms with Crippen LogP contribution in [0.3, 0.4) is 0 Å². The largest absolute Gasteiger partial charge is 0.383 e. The van der Waals surface area contributed by atoms with E-state index >= 15 is 0 Å². The predicted molar refractivity (Wildman–Crippen MR) is 55.9 cm³/mol. The molecule has 0 amide bonds. The lowest BCUT2D eigenvalue weighted by atomic mass is 10.1. The topological polar surface area (TPSA) is 27.1 Å². The summed E-state index contributed by atoms with van der Waals surface area (Å²) in [5.74, 6) is 0.457. The summed E-state index contributed by atoms with van der Waals surface area (Å²) in [6.45, 7) is 5.77. The van der Waals surface area contributed by atoms with Gasteiger partial charge in [-0.1, -0.05) is 13.8 Å². The molecule has 13 heavy (non-hydrogen) atoms. The van der Waals surface area contributed by atoms with Crippen molar-refractivity contribution in [1.82, 2.24) is 9.78 Å². The lowest BCUT2D eigenvalue weighted by Gasteiger charge is -2.00. The molecule has 0 aliphatic heterocycles. The highest BCUT2D eigenvalue weighted by molar-refractivity contribution is 9.10. The van der Waals surface area contributed by atoms with Crippen molar-refractivity contribution in [2.24, 2.45) is 0 Å². The van der Waals surface area contributed by atoms with Gasteiger partial charge in [0, 0.05) is 13.3 Å². The zero-order valence-corrected chi connectivity index (χ0v) is 9.84. The van der Waals surface area contributed by atoms with Crippen molar-refractivity contribution in [2.75, 3.05) is 13.7 Å². The molecule has 1 aromatic heterocycles. The third-order valence-corrected chi connectivity index (χ3v) is 2.43. The van der Waals surface area contributed by atoms with Gasteiger partial charge in [-0.2, -0.15) is 5.10 Å². The van der Waals surface area contributed by atoms with Gasteiger partial charge in [-0.05, 0) is 21.8 Å². The molecule has 0 fully saturated rings. The minimum absolute atomic E-state index is 0.457. The molecule has 1 rings (SSSR count). The number of ether oxygens (including phenoxy) is 1. The minimum atomic E-state index is 0.457. The molecule has 0 atom stereocenters. The van der Waals surface area contributed by atoms with Gasteiger partial charge in [-0.15, -0.1) is 0 Å². The average Bonchev–Trinajstić information content (AvgIpc) is 2.43. The van der Waals surface area contributed by atoms with Crippen molar-refractivity contribution < 1.29 is 4.74 Å². The summed E-state index contributed by atoms with van der Waals surface area (Å²) in [6.07, 6.45) is 1.99. The molecule has 0 saturated heterocycles. The Hall–Kier alpha value is -0.350. The standard InChI is InChI=1S/C9H15BrN2O/c1-7(2)9-8(10)6-12(11-9)4-5-13-3/h6-7H,4-5H2,1-3H3. The summed E-state index contributed by atoms with van der Waals surface area (Å²) in [4.78, 5) is 0. The van der Waals surface area contributed by atoms with Crippen LogP contribution in [0.2, 0.25) is 0 Å². The molecule has 0 aromatic carbocycles. The fraction of sp³-hybridized carbons (Fsp3) is 0.667. The summed E-state index contributed by atoms with van der Waals surface area (Å²) in [7, 11) is 1.70. The summed E-state index contributed by atoms with van der Waals surface area (Å²) < 4.78 is 7.97. The molecular formula is C9H15BrN2O. The Labute approximate surface area is 87.2 Å². The molecule has 0 bridgehead atoms. The van der Waals surface area contributed by atoms with Crippen LogP contribution in [0.15, 0.2) is 10.7 Å². The highest BCUT2D eigenvalue weighted by Gasteiger charge is 2.09. The zero-order chi connectivity index (χ0) is 9.84. The second kappa shape index (κ2) is 4.77. The Kier molecular flexibility index (Phi) is 3.93. The average molecular weight is 247 g/mol. The van der Waals surface area contributed by atoms with E-state index in [1.165, 1.54) is 0 Å². The van der Waals surface area contributed by atoms with Gasteiger partial charge in [-0.25, -0.2) is 0 Å². The molecule has 0 aliphatic carbocycles. The third kappa shape index (κ3) is 2.81. The van der Waals surface area contributed by atoms with Crippen molar-refractivity contribution in [2.45, 2.75) is 26.3 Å². The number of hydrogen-bond acceptors (Lipinski definition) is 2. The number of hydrogen-bond donors (Lipinski definition) is 0. The van der Waals surface area contributed by atoms with Crippen LogP contribution in [0.5, 0.6) is 0 Å². The van der Waals surface area contributed by atoms with Crippen molar-refractivity contribution in [3.8, 4) is 0 Å². The first kappa shape index (κ1) is 10.7. The van der Waals surface area contributed by atoms with Crippen LogP contribution in [0, 0.1) is 0 Å². The molecule has 0 unspecified atom stereocenters. The zero-order valence-electron chi connectivity index (χ0n) is 8.25. The Morgan fingerprint density at radius 3 is 2.77 bits per heavy atom. The highest BCUT2D eigenvalue weighted by Crippen LogP contribution is 2.22. The lowest BCUT2D eigenvalue weighted by Crippen LogP contribution is -2.05. The summed E-state index contributed by atoms with van der Waals surface area (Å²) in [5.41, 5.74) is 1.11. The van der Waals surface area contributed by atoms with E-state index in [0.717, 1.165) is 16.7 Å². The van der Waals surface area contributed by atoms with Crippen LogP contribution in [-0.4, -0.2) is 23.5 Å². The summed E-state index contributed by atoms with van der Waals surface area (Å²) >= 11 is 3.49. The van der Waals surface area contributed by atoms with Crippen molar-refractivity contribution in [1.29, 1.82) is 0 Å². The SMILES string of the molecule is COCCn1cc(Br)c(C(C)C)n1. The van der Waals surface area contributed by atoms with Crippen LogP contribution in [0.25, 0.3) is 0 Å². The first-order valence-electron chi connectivity index (χ1n) is 4.37. The van der Waals surface area contributed by atoms with Gasteiger partial charge in [-0.3, -0.25) is 4.68 Å². The number of methoxy groups -OCH3 is 1. The molecule has 1 aromatic rings. The summed E-state index contributed by atoms with van der Waals surface area (Å²) in [6, 6.07) is 0. The smallest absolute Gasteiger partial charge is 0.0791 e. The lowest BCUT2D eigenvalue weighted by molar-refractivity contribution is 0.183. The number of nitrogens with zero attached hydrogens (tertiary/aromatic N) is 2. The molecular weight excluding hydrogens is 232 g/mol. The van der Waals surface area contributed by atoms with Crippen LogP contribution >= 0.6 is 15.9 Å². The third-order valence-electron chi connectivity index (χ3n) is 1.81. The van der Waals surface area contributed by atoms with Crippen molar-refractivity contribution >= 4 is 15.9 Å². The second-order valence-electron chi connectivity index (χ2n) is 3.27. The molecule has 4 heteroatoms. The van der Waals surface area contributed by atoms with Crippen LogP contribution in [-0.2, 0) is 11.3 Å². The number of halogens is 1. The maximum absolute atomic E-state index is 4.98. The first-order valence-corrected chi connectivity index (χ1v) is 5.16. The van der Waals surface area contributed by atoms with Gasteiger partial charge in [0.05, 0.1) is 23.3 Å². The van der Waals surface area contributed by atoms with Gasteiger partial charge in [0.1, 0.15) is 0 Å². The Morgan fingerprint density at radius 2 is 2.31 bits per heavy atom.